The minimum atomic E-state index is -1.03. The van der Waals surface area contributed by atoms with Crippen LogP contribution in [0, 0.1) is 0 Å². The molecule has 5 nitrogen and oxygen atoms in total. The molecule has 1 aromatic rings. The topological polar surface area (TPSA) is 61.8 Å². The van der Waals surface area contributed by atoms with Crippen LogP contribution in [0.5, 0.6) is 0 Å². The van der Waals surface area contributed by atoms with E-state index in [1.165, 1.54) is 0 Å². The van der Waals surface area contributed by atoms with Gasteiger partial charge in [0, 0.05) is 23.5 Å². The van der Waals surface area contributed by atoms with Gasteiger partial charge < -0.3 is 20.1 Å². The Hall–Kier alpha value is -1.59. The summed E-state index contributed by atoms with van der Waals surface area (Å²) in [7, 11) is 0. The number of hydrogen-bond donors (Lipinski definition) is 2. The Morgan fingerprint density at radius 2 is 2.37 bits per heavy atom. The SMILES string of the molecule is CCC1COCCN1c1ccc2c(c1)NC(=O)C2O. The van der Waals surface area contributed by atoms with Crippen LogP contribution in [0.1, 0.15) is 25.0 Å². The Morgan fingerprint density at radius 3 is 3.16 bits per heavy atom. The fourth-order valence-corrected chi connectivity index (χ4v) is 2.74. The van der Waals surface area contributed by atoms with E-state index in [9.17, 15) is 9.90 Å². The number of morpholine rings is 1. The van der Waals surface area contributed by atoms with Crippen LogP contribution in [0.2, 0.25) is 0 Å². The average Bonchev–Trinajstić information content (AvgIpc) is 2.73. The van der Waals surface area contributed by atoms with Gasteiger partial charge in [0.05, 0.1) is 19.3 Å². The first-order valence-corrected chi connectivity index (χ1v) is 6.68. The summed E-state index contributed by atoms with van der Waals surface area (Å²) in [6, 6.07) is 6.11. The maximum atomic E-state index is 11.4. The number of ether oxygens (including phenoxy) is 1. The number of carbonyl (C=O) groups is 1. The van der Waals surface area contributed by atoms with Gasteiger partial charge in [-0.25, -0.2) is 0 Å². The zero-order valence-corrected chi connectivity index (χ0v) is 10.9. The number of nitrogens with one attached hydrogen (secondary N) is 1. The number of rotatable bonds is 2. The molecule has 2 unspecified atom stereocenters. The summed E-state index contributed by atoms with van der Waals surface area (Å²) in [5.74, 6) is -0.346. The van der Waals surface area contributed by atoms with Crippen molar-refractivity contribution in [2.24, 2.45) is 0 Å². The molecule has 2 N–H and O–H groups in total. The van der Waals surface area contributed by atoms with E-state index in [4.69, 9.17) is 4.74 Å². The van der Waals surface area contributed by atoms with Crippen LogP contribution in [0.4, 0.5) is 11.4 Å². The van der Waals surface area contributed by atoms with Crippen LogP contribution in [0.3, 0.4) is 0 Å². The number of benzene rings is 1. The predicted molar refractivity (Wildman–Crippen MR) is 72.3 cm³/mol. The normalized spacial score (nSPS) is 26.2. The standard InChI is InChI=1S/C14H18N2O3/c1-2-9-8-19-6-5-16(9)10-3-4-11-12(7-10)15-14(18)13(11)17/h3-4,7,9,13,17H,2,5-6,8H2,1H3,(H,15,18). The molecule has 0 aliphatic carbocycles. The van der Waals surface area contributed by atoms with Gasteiger partial charge in [0.25, 0.3) is 5.91 Å². The van der Waals surface area contributed by atoms with Crippen molar-refractivity contribution in [2.75, 3.05) is 30.0 Å². The zero-order valence-electron chi connectivity index (χ0n) is 10.9. The Labute approximate surface area is 112 Å². The molecule has 0 bridgehead atoms. The fraction of sp³-hybridized carbons (Fsp3) is 0.500. The molecule has 2 atom stereocenters. The lowest BCUT2D eigenvalue weighted by molar-refractivity contribution is -0.123. The molecule has 5 heteroatoms. The number of aliphatic hydroxyl groups is 1. The largest absolute Gasteiger partial charge is 0.378 e. The number of hydrogen-bond acceptors (Lipinski definition) is 4. The number of amides is 1. The second-order valence-corrected chi connectivity index (χ2v) is 4.99. The molecule has 2 aliphatic heterocycles. The molecule has 1 aromatic carbocycles. The van der Waals surface area contributed by atoms with E-state index in [2.05, 4.69) is 17.1 Å². The lowest BCUT2D eigenvalue weighted by atomic mass is 10.1. The second kappa shape index (κ2) is 4.83. The molecule has 1 saturated heterocycles. The summed E-state index contributed by atoms with van der Waals surface area (Å²) >= 11 is 0. The van der Waals surface area contributed by atoms with Gasteiger partial charge in [-0.15, -0.1) is 0 Å². The molecule has 1 fully saturated rings. The first kappa shape index (κ1) is 12.4. The molecular weight excluding hydrogens is 244 g/mol. The van der Waals surface area contributed by atoms with Crippen molar-refractivity contribution >= 4 is 17.3 Å². The van der Waals surface area contributed by atoms with Crippen molar-refractivity contribution in [3.8, 4) is 0 Å². The average molecular weight is 262 g/mol. The summed E-state index contributed by atoms with van der Waals surface area (Å²) in [6.45, 7) is 4.46. The second-order valence-electron chi connectivity index (χ2n) is 4.99. The Kier molecular flexibility index (Phi) is 3.16. The van der Waals surface area contributed by atoms with Crippen LogP contribution in [-0.2, 0) is 9.53 Å². The third-order valence-corrected chi connectivity index (χ3v) is 3.87. The lowest BCUT2D eigenvalue weighted by Crippen LogP contribution is -2.45. The Bertz CT molecular complexity index is 503. The first-order valence-electron chi connectivity index (χ1n) is 6.68. The third-order valence-electron chi connectivity index (χ3n) is 3.87. The van der Waals surface area contributed by atoms with Gasteiger partial charge >= 0.3 is 0 Å². The third kappa shape index (κ3) is 2.09. The van der Waals surface area contributed by atoms with Crippen LogP contribution in [-0.4, -0.2) is 36.8 Å². The molecule has 2 aliphatic rings. The molecular formula is C14H18N2O3. The highest BCUT2D eigenvalue weighted by molar-refractivity contribution is 6.02. The minimum absolute atomic E-state index is 0.346. The van der Waals surface area contributed by atoms with E-state index in [-0.39, 0.29) is 5.91 Å². The molecule has 3 rings (SSSR count). The molecule has 0 aromatic heterocycles. The van der Waals surface area contributed by atoms with Crippen molar-refractivity contribution in [2.45, 2.75) is 25.5 Å². The van der Waals surface area contributed by atoms with Gasteiger partial charge in [-0.2, -0.15) is 0 Å². The molecule has 0 saturated carbocycles. The number of fused-ring (bicyclic) bond motifs is 1. The minimum Gasteiger partial charge on any atom is -0.378 e. The quantitative estimate of drug-likeness (QED) is 0.843. The molecule has 102 valence electrons. The Morgan fingerprint density at radius 1 is 1.53 bits per heavy atom. The summed E-state index contributed by atoms with van der Waals surface area (Å²) in [5.41, 5.74) is 2.45. The van der Waals surface area contributed by atoms with Crippen molar-refractivity contribution in [3.05, 3.63) is 23.8 Å². The highest BCUT2D eigenvalue weighted by Crippen LogP contribution is 2.34. The van der Waals surface area contributed by atoms with Crippen molar-refractivity contribution in [1.82, 2.24) is 0 Å². The summed E-state index contributed by atoms with van der Waals surface area (Å²) in [4.78, 5) is 13.8. The number of aliphatic hydroxyl groups excluding tert-OH is 1. The van der Waals surface area contributed by atoms with Crippen molar-refractivity contribution in [1.29, 1.82) is 0 Å². The first-order chi connectivity index (χ1) is 9.20. The van der Waals surface area contributed by atoms with E-state index in [0.29, 0.717) is 11.6 Å². The van der Waals surface area contributed by atoms with Gasteiger partial charge in [0.2, 0.25) is 0 Å². The monoisotopic (exact) mass is 262 g/mol. The molecule has 19 heavy (non-hydrogen) atoms. The predicted octanol–water partition coefficient (Wildman–Crippen LogP) is 1.29. The summed E-state index contributed by atoms with van der Waals surface area (Å²) in [5, 5.41) is 12.4. The van der Waals surface area contributed by atoms with Gasteiger partial charge in [0.1, 0.15) is 0 Å². The maximum Gasteiger partial charge on any atom is 0.257 e. The van der Waals surface area contributed by atoms with E-state index in [1.807, 2.05) is 18.2 Å². The zero-order chi connectivity index (χ0) is 13.4. The van der Waals surface area contributed by atoms with Gasteiger partial charge in [-0.3, -0.25) is 4.79 Å². The number of nitrogens with zero attached hydrogens (tertiary/aromatic N) is 1. The number of anilines is 2. The summed E-state index contributed by atoms with van der Waals surface area (Å²) in [6.07, 6.45) is -0.0118. The van der Waals surface area contributed by atoms with E-state index in [0.717, 1.165) is 37.6 Å². The van der Waals surface area contributed by atoms with E-state index in [1.54, 1.807) is 0 Å². The lowest BCUT2D eigenvalue weighted by Gasteiger charge is -2.37. The molecule has 1 amide bonds. The van der Waals surface area contributed by atoms with Gasteiger partial charge in [0.15, 0.2) is 6.10 Å². The Balaban J connectivity index is 1.90. The van der Waals surface area contributed by atoms with Crippen LogP contribution in [0.25, 0.3) is 0 Å². The van der Waals surface area contributed by atoms with Crippen LogP contribution >= 0.6 is 0 Å². The van der Waals surface area contributed by atoms with E-state index >= 15 is 0 Å². The van der Waals surface area contributed by atoms with Gasteiger partial charge in [-0.1, -0.05) is 13.0 Å². The fourth-order valence-electron chi connectivity index (χ4n) is 2.74. The van der Waals surface area contributed by atoms with Crippen LogP contribution < -0.4 is 10.2 Å². The van der Waals surface area contributed by atoms with Crippen molar-refractivity contribution in [3.63, 3.8) is 0 Å². The molecule has 0 radical (unpaired) electrons. The highest BCUT2D eigenvalue weighted by Gasteiger charge is 2.30. The number of carbonyl (C=O) groups excluding carboxylic acids is 1. The van der Waals surface area contributed by atoms with E-state index < -0.39 is 6.10 Å². The molecule has 2 heterocycles. The molecule has 0 spiro atoms. The van der Waals surface area contributed by atoms with Crippen LogP contribution in [0.15, 0.2) is 18.2 Å². The summed E-state index contributed by atoms with van der Waals surface area (Å²) < 4.78 is 5.50. The maximum absolute atomic E-state index is 11.4. The highest BCUT2D eigenvalue weighted by atomic mass is 16.5. The smallest absolute Gasteiger partial charge is 0.257 e. The van der Waals surface area contributed by atoms with Crippen molar-refractivity contribution < 1.29 is 14.6 Å². The van der Waals surface area contributed by atoms with Gasteiger partial charge in [-0.05, 0) is 18.6 Å².